The number of hydrogen-bond acceptors (Lipinski definition) is 6. The van der Waals surface area contributed by atoms with Gasteiger partial charge in [-0.05, 0) is 64.5 Å². The van der Waals surface area contributed by atoms with Crippen molar-refractivity contribution in [3.05, 3.63) is 70.0 Å². The predicted octanol–water partition coefficient (Wildman–Crippen LogP) is 4.55. The fourth-order valence-electron chi connectivity index (χ4n) is 3.72. The number of amides is 1. The zero-order valence-corrected chi connectivity index (χ0v) is 19.8. The van der Waals surface area contributed by atoms with E-state index in [0.717, 1.165) is 52.7 Å². The van der Waals surface area contributed by atoms with Crippen LogP contribution >= 0.6 is 27.5 Å². The summed E-state index contributed by atoms with van der Waals surface area (Å²) in [5.74, 6) is 2.14. The molecule has 162 valence electrons. The average Bonchev–Trinajstić information content (AvgIpc) is 3.26. The summed E-state index contributed by atoms with van der Waals surface area (Å²) in [4.78, 5) is 19.5. The Kier molecular flexibility index (Phi) is 7.19. The van der Waals surface area contributed by atoms with Crippen molar-refractivity contribution in [2.45, 2.75) is 19.3 Å². The number of benzene rings is 2. The second-order valence-electron chi connectivity index (χ2n) is 7.64. The standard InChI is InChI=1S/C23H25BrN4O2S/c1-30-18-6-4-5-17(13-18)14-21-26-23(31-27-21)28-11-9-16(10-12-28)15-25-22(29)19-7-2-3-8-20(19)24/h2-8,13,16H,9-12,14-15H2,1H3,(H,25,29). The number of carbonyl (C=O) groups excluding carboxylic acids is 1. The van der Waals surface area contributed by atoms with Gasteiger partial charge in [-0.15, -0.1) is 0 Å². The van der Waals surface area contributed by atoms with E-state index in [4.69, 9.17) is 9.72 Å². The first-order valence-electron chi connectivity index (χ1n) is 10.4. The molecule has 6 nitrogen and oxygen atoms in total. The molecule has 1 fully saturated rings. The van der Waals surface area contributed by atoms with Crippen molar-refractivity contribution < 1.29 is 9.53 Å². The van der Waals surface area contributed by atoms with Gasteiger partial charge in [0.15, 0.2) is 0 Å². The van der Waals surface area contributed by atoms with Crippen molar-refractivity contribution in [2.24, 2.45) is 5.92 Å². The minimum absolute atomic E-state index is 0.0267. The lowest BCUT2D eigenvalue weighted by atomic mass is 9.97. The number of nitrogens with zero attached hydrogens (tertiary/aromatic N) is 3. The van der Waals surface area contributed by atoms with Crippen LogP contribution in [0.25, 0.3) is 0 Å². The zero-order chi connectivity index (χ0) is 21.6. The van der Waals surface area contributed by atoms with Gasteiger partial charge in [0.05, 0.1) is 12.7 Å². The van der Waals surface area contributed by atoms with Crippen LogP contribution in [-0.4, -0.2) is 42.0 Å². The second kappa shape index (κ2) is 10.2. The van der Waals surface area contributed by atoms with Crippen LogP contribution in [0.4, 0.5) is 5.13 Å². The van der Waals surface area contributed by atoms with Crippen molar-refractivity contribution in [3.8, 4) is 5.75 Å². The Morgan fingerprint density at radius 3 is 2.81 bits per heavy atom. The van der Waals surface area contributed by atoms with Crippen LogP contribution < -0.4 is 15.0 Å². The molecule has 2 aromatic carbocycles. The van der Waals surface area contributed by atoms with Crippen molar-refractivity contribution in [1.29, 1.82) is 0 Å². The van der Waals surface area contributed by atoms with Gasteiger partial charge in [0.2, 0.25) is 5.13 Å². The van der Waals surface area contributed by atoms with Crippen molar-refractivity contribution in [1.82, 2.24) is 14.7 Å². The third-order valence-corrected chi connectivity index (χ3v) is 7.01. The number of hydrogen-bond donors (Lipinski definition) is 1. The third kappa shape index (κ3) is 5.62. The smallest absolute Gasteiger partial charge is 0.252 e. The molecule has 1 amide bonds. The van der Waals surface area contributed by atoms with Gasteiger partial charge in [-0.3, -0.25) is 4.79 Å². The summed E-state index contributed by atoms with van der Waals surface area (Å²) in [6, 6.07) is 15.5. The number of piperidine rings is 1. The number of aromatic nitrogens is 2. The van der Waals surface area contributed by atoms with E-state index in [1.165, 1.54) is 11.5 Å². The molecule has 2 heterocycles. The van der Waals surface area contributed by atoms with E-state index < -0.39 is 0 Å². The molecule has 1 saturated heterocycles. The summed E-state index contributed by atoms with van der Waals surface area (Å²) in [6.45, 7) is 2.57. The number of ether oxygens (including phenoxy) is 1. The first-order chi connectivity index (χ1) is 15.1. The monoisotopic (exact) mass is 500 g/mol. The first kappa shape index (κ1) is 21.8. The van der Waals surface area contributed by atoms with E-state index in [9.17, 15) is 4.79 Å². The van der Waals surface area contributed by atoms with E-state index >= 15 is 0 Å². The topological polar surface area (TPSA) is 67.3 Å². The SMILES string of the molecule is COc1cccc(Cc2nsc(N3CCC(CNC(=O)c4ccccc4Br)CC3)n2)c1. The number of rotatable bonds is 7. The summed E-state index contributed by atoms with van der Waals surface area (Å²) in [5.41, 5.74) is 1.82. The maximum Gasteiger partial charge on any atom is 0.252 e. The third-order valence-electron chi connectivity index (χ3n) is 5.51. The predicted molar refractivity (Wildman–Crippen MR) is 127 cm³/mol. The van der Waals surface area contributed by atoms with Gasteiger partial charge >= 0.3 is 0 Å². The lowest BCUT2D eigenvalue weighted by Crippen LogP contribution is -2.38. The highest BCUT2D eigenvalue weighted by atomic mass is 79.9. The highest BCUT2D eigenvalue weighted by Gasteiger charge is 2.22. The van der Waals surface area contributed by atoms with Crippen LogP contribution in [0.2, 0.25) is 0 Å². The van der Waals surface area contributed by atoms with Crippen LogP contribution in [-0.2, 0) is 6.42 Å². The minimum Gasteiger partial charge on any atom is -0.497 e. The fraction of sp³-hybridized carbons (Fsp3) is 0.348. The quantitative estimate of drug-likeness (QED) is 0.515. The summed E-state index contributed by atoms with van der Waals surface area (Å²) in [5, 5.41) is 4.06. The molecular formula is C23H25BrN4O2S. The molecule has 0 unspecified atom stereocenters. The number of anilines is 1. The van der Waals surface area contributed by atoms with E-state index in [1.54, 1.807) is 7.11 Å². The van der Waals surface area contributed by atoms with Crippen LogP contribution in [0.15, 0.2) is 53.0 Å². The normalized spacial score (nSPS) is 14.5. The summed E-state index contributed by atoms with van der Waals surface area (Å²) >= 11 is 4.90. The van der Waals surface area contributed by atoms with Crippen LogP contribution in [0, 0.1) is 5.92 Å². The second-order valence-corrected chi connectivity index (χ2v) is 9.23. The van der Waals surface area contributed by atoms with Gasteiger partial charge < -0.3 is 15.0 Å². The van der Waals surface area contributed by atoms with E-state index in [2.05, 4.69) is 36.6 Å². The Hall–Kier alpha value is -2.45. The molecule has 8 heteroatoms. The van der Waals surface area contributed by atoms with E-state index in [0.29, 0.717) is 24.4 Å². The Morgan fingerprint density at radius 1 is 1.23 bits per heavy atom. The van der Waals surface area contributed by atoms with E-state index in [-0.39, 0.29) is 5.91 Å². The molecule has 0 spiro atoms. The Balaban J connectivity index is 1.26. The van der Waals surface area contributed by atoms with E-state index in [1.807, 2.05) is 42.5 Å². The average molecular weight is 501 g/mol. The molecule has 0 bridgehead atoms. The summed E-state index contributed by atoms with van der Waals surface area (Å²) < 4.78 is 10.7. The van der Waals surface area contributed by atoms with Crippen LogP contribution in [0.5, 0.6) is 5.75 Å². The van der Waals surface area contributed by atoms with Crippen molar-refractivity contribution >= 4 is 38.5 Å². The molecule has 1 N–H and O–H groups in total. The molecule has 3 aromatic rings. The summed E-state index contributed by atoms with van der Waals surface area (Å²) in [7, 11) is 1.67. The van der Waals surface area contributed by atoms with Crippen LogP contribution in [0.1, 0.15) is 34.6 Å². The number of carbonyl (C=O) groups is 1. The van der Waals surface area contributed by atoms with Gasteiger partial charge in [-0.1, -0.05) is 24.3 Å². The largest absolute Gasteiger partial charge is 0.497 e. The number of halogens is 1. The molecule has 0 aliphatic carbocycles. The lowest BCUT2D eigenvalue weighted by molar-refractivity contribution is 0.0944. The highest BCUT2D eigenvalue weighted by molar-refractivity contribution is 9.10. The highest BCUT2D eigenvalue weighted by Crippen LogP contribution is 2.26. The van der Waals surface area contributed by atoms with Gasteiger partial charge in [0.1, 0.15) is 11.6 Å². The molecule has 1 aliphatic rings. The van der Waals surface area contributed by atoms with Crippen molar-refractivity contribution in [3.63, 3.8) is 0 Å². The zero-order valence-electron chi connectivity index (χ0n) is 17.4. The molecule has 31 heavy (non-hydrogen) atoms. The molecule has 1 aliphatic heterocycles. The summed E-state index contributed by atoms with van der Waals surface area (Å²) in [6.07, 6.45) is 2.76. The minimum atomic E-state index is -0.0267. The van der Waals surface area contributed by atoms with Crippen molar-refractivity contribution in [2.75, 3.05) is 31.6 Å². The lowest BCUT2D eigenvalue weighted by Gasteiger charge is -2.31. The fourth-order valence-corrected chi connectivity index (χ4v) is 4.92. The Labute approximate surface area is 194 Å². The Bertz CT molecular complexity index is 1030. The Morgan fingerprint density at radius 2 is 2.03 bits per heavy atom. The number of nitrogens with one attached hydrogen (secondary N) is 1. The van der Waals surface area contributed by atoms with Gasteiger partial charge in [0, 0.05) is 42.1 Å². The maximum absolute atomic E-state index is 12.4. The van der Waals surface area contributed by atoms with Gasteiger partial charge in [-0.25, -0.2) is 4.98 Å². The molecule has 0 saturated carbocycles. The van der Waals surface area contributed by atoms with Crippen LogP contribution in [0.3, 0.4) is 0 Å². The first-order valence-corrected chi connectivity index (χ1v) is 11.9. The van der Waals surface area contributed by atoms with Gasteiger partial charge in [-0.2, -0.15) is 4.37 Å². The maximum atomic E-state index is 12.4. The van der Waals surface area contributed by atoms with Gasteiger partial charge in [0.25, 0.3) is 5.91 Å². The molecular weight excluding hydrogens is 476 g/mol. The number of methoxy groups -OCH3 is 1. The molecule has 0 radical (unpaired) electrons. The molecule has 0 atom stereocenters. The molecule has 4 rings (SSSR count). The molecule has 1 aromatic heterocycles.